The van der Waals surface area contributed by atoms with Gasteiger partial charge in [0.15, 0.2) is 5.17 Å². The van der Waals surface area contributed by atoms with Crippen molar-refractivity contribution in [1.82, 2.24) is 10.2 Å². The molecule has 0 fully saturated rings. The summed E-state index contributed by atoms with van der Waals surface area (Å²) < 4.78 is 19.3. The highest BCUT2D eigenvalue weighted by atomic mass is 32.2. The number of thioether (sulfide) groups is 1. The lowest BCUT2D eigenvalue weighted by Crippen LogP contribution is -2.42. The Morgan fingerprint density at radius 2 is 1.83 bits per heavy atom. The summed E-state index contributed by atoms with van der Waals surface area (Å²) in [5.41, 5.74) is 2.84. The van der Waals surface area contributed by atoms with E-state index in [1.54, 1.807) is 25.3 Å². The maximum absolute atomic E-state index is 14.2. The maximum atomic E-state index is 14.2. The molecule has 1 N–H and O–H groups in total. The lowest BCUT2D eigenvalue weighted by atomic mass is 10.1. The number of hydrogen-bond acceptors (Lipinski definition) is 6. The van der Waals surface area contributed by atoms with Crippen LogP contribution < -0.4 is 10.1 Å². The molecule has 0 saturated heterocycles. The smallest absolute Gasteiger partial charge is 0.259 e. The van der Waals surface area contributed by atoms with Gasteiger partial charge in [-0.15, -0.1) is 0 Å². The zero-order valence-corrected chi connectivity index (χ0v) is 20.3. The summed E-state index contributed by atoms with van der Waals surface area (Å²) in [6.45, 7) is 0.331. The molecule has 2 aliphatic rings. The van der Waals surface area contributed by atoms with E-state index in [0.717, 1.165) is 16.9 Å². The minimum atomic E-state index is -0.860. The van der Waals surface area contributed by atoms with Crippen molar-refractivity contribution in [2.24, 2.45) is 9.98 Å². The lowest BCUT2D eigenvalue weighted by Gasteiger charge is -2.25. The third-order valence-corrected chi connectivity index (χ3v) is 6.88. The van der Waals surface area contributed by atoms with E-state index in [-0.39, 0.29) is 24.1 Å². The zero-order valence-electron chi connectivity index (χ0n) is 19.5. The van der Waals surface area contributed by atoms with Crippen LogP contribution in [0.1, 0.15) is 23.1 Å². The molecule has 0 spiro atoms. The number of hydrogen-bond donors (Lipinski definition) is 1. The van der Waals surface area contributed by atoms with Gasteiger partial charge in [0.1, 0.15) is 23.4 Å². The number of nitrogens with one attached hydrogen (secondary N) is 1. The van der Waals surface area contributed by atoms with Crippen LogP contribution in [0.2, 0.25) is 0 Å². The van der Waals surface area contributed by atoms with Gasteiger partial charge in [0.2, 0.25) is 5.91 Å². The van der Waals surface area contributed by atoms with Gasteiger partial charge < -0.3 is 10.1 Å². The number of benzene rings is 3. The fraction of sp³-hybridized carbons (Fsp3) is 0.185. The molecule has 0 saturated carbocycles. The molecule has 0 aliphatic carbocycles. The normalized spacial score (nSPS) is 16.1. The second-order valence-electron chi connectivity index (χ2n) is 8.26. The minimum Gasteiger partial charge on any atom is -0.497 e. The van der Waals surface area contributed by atoms with Gasteiger partial charge in [-0.25, -0.2) is 14.3 Å². The zero-order chi connectivity index (χ0) is 25.1. The first-order valence-corrected chi connectivity index (χ1v) is 12.4. The fourth-order valence-corrected chi connectivity index (χ4v) is 4.97. The summed E-state index contributed by atoms with van der Waals surface area (Å²) in [5.74, 6) is 0.597. The number of nitrogens with zero attached hydrogens (tertiary/aromatic N) is 3. The van der Waals surface area contributed by atoms with Crippen LogP contribution >= 0.6 is 11.8 Å². The summed E-state index contributed by atoms with van der Waals surface area (Å²) in [6, 6.07) is 20.4. The highest BCUT2D eigenvalue weighted by molar-refractivity contribution is 8.13. The number of amidine groups is 2. The SMILES string of the molecule is COc1ccc(CNC(=O)C[C@H]2N=C3c4ccccc4N=C(SCc4ccccc4F)N3C2=O)cc1. The molecule has 36 heavy (non-hydrogen) atoms. The number of carbonyl (C=O) groups is 2. The molecule has 1 atom stereocenters. The average Bonchev–Trinajstić information content (AvgIpc) is 3.23. The van der Waals surface area contributed by atoms with E-state index in [1.165, 1.54) is 22.7 Å². The summed E-state index contributed by atoms with van der Waals surface area (Å²) in [5, 5.41) is 3.27. The van der Waals surface area contributed by atoms with E-state index in [2.05, 4.69) is 15.3 Å². The molecule has 0 unspecified atom stereocenters. The number of ether oxygens (including phenoxy) is 1. The summed E-state index contributed by atoms with van der Waals surface area (Å²) in [7, 11) is 1.59. The van der Waals surface area contributed by atoms with Crippen LogP contribution in [0.5, 0.6) is 5.75 Å². The number of rotatable bonds is 7. The largest absolute Gasteiger partial charge is 0.497 e. The van der Waals surface area contributed by atoms with Crippen LogP contribution in [0.25, 0.3) is 0 Å². The molecule has 2 amide bonds. The van der Waals surface area contributed by atoms with Crippen molar-refractivity contribution in [2.75, 3.05) is 7.11 Å². The molecule has 3 aromatic rings. The van der Waals surface area contributed by atoms with E-state index in [1.807, 2.05) is 48.5 Å². The second-order valence-corrected chi connectivity index (χ2v) is 9.21. The van der Waals surface area contributed by atoms with E-state index in [0.29, 0.717) is 34.6 Å². The van der Waals surface area contributed by atoms with Gasteiger partial charge in [0.25, 0.3) is 5.91 Å². The molecule has 2 heterocycles. The molecule has 9 heteroatoms. The summed E-state index contributed by atoms with van der Waals surface area (Å²) >= 11 is 1.26. The van der Waals surface area contributed by atoms with Crippen molar-refractivity contribution in [1.29, 1.82) is 0 Å². The average molecular weight is 503 g/mol. The molecule has 182 valence electrons. The van der Waals surface area contributed by atoms with Crippen molar-refractivity contribution in [3.8, 4) is 5.75 Å². The standard InChI is InChI=1S/C27H23FN4O3S/c1-35-19-12-10-17(11-13-19)15-29-24(33)14-23-26(34)32-25(30-23)20-7-3-5-9-22(20)31-27(32)36-16-18-6-2-4-8-21(18)28/h2-13,23H,14-16H2,1H3,(H,29,33)/t23-/m1/s1. The van der Waals surface area contributed by atoms with Gasteiger partial charge in [0.05, 0.1) is 19.2 Å². The highest BCUT2D eigenvalue weighted by Crippen LogP contribution is 2.35. The van der Waals surface area contributed by atoms with Gasteiger partial charge in [-0.1, -0.05) is 54.2 Å². The van der Waals surface area contributed by atoms with Crippen LogP contribution in [-0.2, 0) is 21.9 Å². The summed E-state index contributed by atoms with van der Waals surface area (Å²) in [4.78, 5) is 36.8. The van der Waals surface area contributed by atoms with Crippen LogP contribution in [0.4, 0.5) is 10.1 Å². The molecular weight excluding hydrogens is 479 g/mol. The number of aliphatic imine (C=N–C) groups is 2. The number of halogens is 1. The van der Waals surface area contributed by atoms with Crippen LogP contribution in [0.15, 0.2) is 82.8 Å². The summed E-state index contributed by atoms with van der Waals surface area (Å²) in [6.07, 6.45) is -0.0809. The molecule has 3 aromatic carbocycles. The third-order valence-electron chi connectivity index (χ3n) is 5.89. The predicted octanol–water partition coefficient (Wildman–Crippen LogP) is 4.43. The van der Waals surface area contributed by atoms with Crippen molar-refractivity contribution < 1.29 is 18.7 Å². The Morgan fingerprint density at radius 1 is 1.08 bits per heavy atom. The molecule has 5 rings (SSSR count). The Labute approximate surface area is 212 Å². The molecular formula is C27H23FN4O3S. The van der Waals surface area contributed by atoms with Crippen LogP contribution in [0, 0.1) is 5.82 Å². The Kier molecular flexibility index (Phi) is 6.81. The van der Waals surface area contributed by atoms with Gasteiger partial charge in [0, 0.05) is 17.9 Å². The number of methoxy groups -OCH3 is 1. The monoisotopic (exact) mass is 502 g/mol. The molecule has 0 radical (unpaired) electrons. The van der Waals surface area contributed by atoms with Gasteiger partial charge in [-0.2, -0.15) is 0 Å². The maximum Gasteiger partial charge on any atom is 0.259 e. The van der Waals surface area contributed by atoms with E-state index in [9.17, 15) is 14.0 Å². The van der Waals surface area contributed by atoms with Crippen molar-refractivity contribution >= 4 is 40.3 Å². The molecule has 0 bridgehead atoms. The number of para-hydroxylation sites is 1. The number of carbonyl (C=O) groups excluding carboxylic acids is 2. The van der Waals surface area contributed by atoms with E-state index >= 15 is 0 Å². The van der Waals surface area contributed by atoms with Gasteiger partial charge in [-0.05, 0) is 41.5 Å². The number of fused-ring (bicyclic) bond motifs is 3. The molecule has 2 aliphatic heterocycles. The van der Waals surface area contributed by atoms with Crippen molar-refractivity contribution in [2.45, 2.75) is 24.8 Å². The van der Waals surface area contributed by atoms with Gasteiger partial charge >= 0.3 is 0 Å². The van der Waals surface area contributed by atoms with Crippen molar-refractivity contribution in [3.05, 3.63) is 95.3 Å². The van der Waals surface area contributed by atoms with Crippen molar-refractivity contribution in [3.63, 3.8) is 0 Å². The fourth-order valence-electron chi connectivity index (χ4n) is 3.98. The highest BCUT2D eigenvalue weighted by Gasteiger charge is 2.42. The Hall–Kier alpha value is -3.98. The minimum absolute atomic E-state index is 0.0809. The van der Waals surface area contributed by atoms with Gasteiger partial charge in [-0.3, -0.25) is 14.6 Å². The van der Waals surface area contributed by atoms with E-state index < -0.39 is 6.04 Å². The first-order valence-electron chi connectivity index (χ1n) is 11.4. The first-order chi connectivity index (χ1) is 17.5. The topological polar surface area (TPSA) is 83.4 Å². The quantitative estimate of drug-likeness (QED) is 0.518. The Morgan fingerprint density at radius 3 is 2.61 bits per heavy atom. The second kappa shape index (κ2) is 10.3. The molecule has 0 aromatic heterocycles. The molecule has 7 nitrogen and oxygen atoms in total. The van der Waals surface area contributed by atoms with Crippen LogP contribution in [-0.4, -0.2) is 40.9 Å². The van der Waals surface area contributed by atoms with Crippen LogP contribution in [0.3, 0.4) is 0 Å². The predicted molar refractivity (Wildman–Crippen MR) is 138 cm³/mol. The van der Waals surface area contributed by atoms with E-state index in [4.69, 9.17) is 4.74 Å². The first kappa shape index (κ1) is 23.7. The Balaban J connectivity index is 1.31. The third kappa shape index (κ3) is 4.87. The Bertz CT molecular complexity index is 1370. The lowest BCUT2D eigenvalue weighted by molar-refractivity contribution is -0.128. The number of amides is 2.